The van der Waals surface area contributed by atoms with Crippen LogP contribution in [0.25, 0.3) is 10.8 Å². The van der Waals surface area contributed by atoms with Gasteiger partial charge in [-0.25, -0.2) is 9.79 Å². The van der Waals surface area contributed by atoms with Crippen molar-refractivity contribution in [2.45, 2.75) is 76.3 Å². The van der Waals surface area contributed by atoms with Gasteiger partial charge < -0.3 is 37.4 Å². The number of guanidine groups is 1. The highest BCUT2D eigenvalue weighted by Crippen LogP contribution is 2.44. The number of rotatable bonds is 16. The number of nitrogens with two attached hydrogens (primary N) is 3. The molecular weight excluding hydrogens is 540 g/mol. The third kappa shape index (κ3) is 9.19. The molecule has 9 N–H and O–H groups in total. The first-order valence-electron chi connectivity index (χ1n) is 15.3. The van der Waals surface area contributed by atoms with E-state index in [9.17, 15) is 14.7 Å². The summed E-state index contributed by atoms with van der Waals surface area (Å²) in [5, 5.41) is 15.7. The number of fused-ring (bicyclic) bond motifs is 2. The summed E-state index contributed by atoms with van der Waals surface area (Å²) in [7, 11) is 0. The fraction of sp³-hybridized carbons (Fsp3) is 0.441. The number of benzene rings is 2. The molecule has 4 rings (SSSR count). The highest BCUT2D eigenvalue weighted by Gasteiger charge is 2.33. The van der Waals surface area contributed by atoms with Gasteiger partial charge in [-0.3, -0.25) is 0 Å². The van der Waals surface area contributed by atoms with Crippen molar-refractivity contribution in [3.05, 3.63) is 77.5 Å². The SMILES string of the molecule is C[C@H](C=O)CC[C@H](N)CCC[C@H]1c2cc3ccccc3cc2CC[C@@H]1C[C@@H](Nc1ccc[nH]1)/C(=C/C(=O)O)CN=C(N)N. The molecule has 1 heterocycles. The van der Waals surface area contributed by atoms with Crippen LogP contribution in [0, 0.1) is 11.8 Å². The van der Waals surface area contributed by atoms with Gasteiger partial charge in [0.1, 0.15) is 12.1 Å². The predicted octanol–water partition coefficient (Wildman–Crippen LogP) is 5.08. The number of anilines is 1. The molecule has 0 radical (unpaired) electrons. The molecule has 0 bridgehead atoms. The van der Waals surface area contributed by atoms with Crippen LogP contribution in [0.3, 0.4) is 0 Å². The monoisotopic (exact) mass is 586 g/mol. The van der Waals surface area contributed by atoms with Gasteiger partial charge in [0.2, 0.25) is 0 Å². The Kier molecular flexibility index (Phi) is 11.4. The number of carboxylic acid groups (broad SMARTS) is 1. The molecule has 1 aliphatic rings. The molecule has 9 nitrogen and oxygen atoms in total. The minimum absolute atomic E-state index is 0.0325. The molecule has 1 aromatic heterocycles. The van der Waals surface area contributed by atoms with E-state index in [0.29, 0.717) is 11.5 Å². The van der Waals surface area contributed by atoms with Crippen LogP contribution in [-0.2, 0) is 16.0 Å². The molecule has 3 aromatic rings. The summed E-state index contributed by atoms with van der Waals surface area (Å²) >= 11 is 0. The predicted molar refractivity (Wildman–Crippen MR) is 174 cm³/mol. The molecule has 0 spiro atoms. The van der Waals surface area contributed by atoms with E-state index in [0.717, 1.165) is 63.5 Å². The zero-order valence-electron chi connectivity index (χ0n) is 25.0. The van der Waals surface area contributed by atoms with E-state index < -0.39 is 5.97 Å². The van der Waals surface area contributed by atoms with Crippen molar-refractivity contribution >= 4 is 34.8 Å². The Morgan fingerprint density at radius 1 is 1.14 bits per heavy atom. The van der Waals surface area contributed by atoms with Gasteiger partial charge >= 0.3 is 5.97 Å². The summed E-state index contributed by atoms with van der Waals surface area (Å²) in [6.07, 6.45) is 11.2. The molecule has 0 fully saturated rings. The van der Waals surface area contributed by atoms with E-state index >= 15 is 0 Å². The Labute approximate surface area is 254 Å². The molecule has 0 unspecified atom stereocenters. The molecule has 0 saturated heterocycles. The van der Waals surface area contributed by atoms with Crippen LogP contribution in [0.1, 0.15) is 68.9 Å². The van der Waals surface area contributed by atoms with E-state index in [1.165, 1.54) is 28.0 Å². The Balaban J connectivity index is 1.62. The number of carboxylic acids is 1. The second kappa shape index (κ2) is 15.4. The number of aromatic nitrogens is 1. The molecule has 0 amide bonds. The molecular formula is C34H46N6O3. The number of aliphatic carboxylic acids is 1. The first-order chi connectivity index (χ1) is 20.7. The number of hydrogen-bond acceptors (Lipinski definition) is 5. The fourth-order valence-corrected chi connectivity index (χ4v) is 6.44. The van der Waals surface area contributed by atoms with Gasteiger partial charge in [-0.1, -0.05) is 49.7 Å². The summed E-state index contributed by atoms with van der Waals surface area (Å²) in [6, 6.07) is 16.8. The van der Waals surface area contributed by atoms with E-state index in [1.807, 2.05) is 25.3 Å². The van der Waals surface area contributed by atoms with E-state index in [2.05, 4.69) is 51.7 Å². The number of H-pyrrole nitrogens is 1. The number of carbonyl (C=O) groups is 2. The Morgan fingerprint density at radius 3 is 2.58 bits per heavy atom. The maximum absolute atomic E-state index is 11.9. The van der Waals surface area contributed by atoms with Crippen LogP contribution in [-0.4, -0.2) is 46.9 Å². The standard InChI is InChI=1S/C34H46N6O3/c1-22(21-41)11-14-28(35)8-4-9-29-26(13-12-25-16-23-6-2-3-7-24(23)17-30(25)29)18-31(40-32-10-5-15-38-32)27(19-33(42)43)20-39-34(36)37/h2-3,5-7,10,15-17,19,21-22,26,28-29,31,38,40H,4,8-9,11-14,18,20,35H2,1H3,(H,42,43)(H4,36,37,39)/b27-19+/t22-,26+,28+,29+,31+/m0/s1. The van der Waals surface area contributed by atoms with Crippen molar-refractivity contribution in [3.63, 3.8) is 0 Å². The summed E-state index contributed by atoms with van der Waals surface area (Å²) in [5.74, 6) is 0.310. The van der Waals surface area contributed by atoms with Crippen LogP contribution in [0.15, 0.2) is 71.4 Å². The van der Waals surface area contributed by atoms with Crippen LogP contribution in [0.2, 0.25) is 0 Å². The summed E-state index contributed by atoms with van der Waals surface area (Å²) in [4.78, 5) is 30.3. The maximum atomic E-state index is 11.9. The minimum atomic E-state index is -1.03. The molecule has 9 heteroatoms. The average molecular weight is 587 g/mol. The van der Waals surface area contributed by atoms with Crippen LogP contribution >= 0.6 is 0 Å². The smallest absolute Gasteiger partial charge is 0.328 e. The normalized spacial score (nSPS) is 18.8. The molecule has 1 aliphatic carbocycles. The maximum Gasteiger partial charge on any atom is 0.328 e. The number of aryl methyl sites for hydroxylation is 1. The van der Waals surface area contributed by atoms with Gasteiger partial charge in [0.15, 0.2) is 5.96 Å². The molecule has 5 atom stereocenters. The van der Waals surface area contributed by atoms with Gasteiger partial charge in [-0.15, -0.1) is 0 Å². The number of nitrogens with one attached hydrogen (secondary N) is 2. The topological polar surface area (TPSA) is 173 Å². The second-order valence-corrected chi connectivity index (χ2v) is 12.0. The minimum Gasteiger partial charge on any atom is -0.478 e. The van der Waals surface area contributed by atoms with Crippen molar-refractivity contribution in [1.29, 1.82) is 0 Å². The fourth-order valence-electron chi connectivity index (χ4n) is 6.44. The van der Waals surface area contributed by atoms with Gasteiger partial charge in [0.25, 0.3) is 0 Å². The highest BCUT2D eigenvalue weighted by molar-refractivity contribution is 5.84. The molecule has 43 heavy (non-hydrogen) atoms. The van der Waals surface area contributed by atoms with E-state index in [1.54, 1.807) is 0 Å². The number of aromatic amines is 1. The third-order valence-electron chi connectivity index (χ3n) is 8.74. The van der Waals surface area contributed by atoms with E-state index in [4.69, 9.17) is 17.2 Å². The van der Waals surface area contributed by atoms with Crippen molar-refractivity contribution < 1.29 is 14.7 Å². The highest BCUT2D eigenvalue weighted by atomic mass is 16.4. The largest absolute Gasteiger partial charge is 0.478 e. The van der Waals surface area contributed by atoms with Crippen LogP contribution in [0.4, 0.5) is 5.82 Å². The van der Waals surface area contributed by atoms with E-state index in [-0.39, 0.29) is 36.4 Å². The summed E-state index contributed by atoms with van der Waals surface area (Å²) in [5.41, 5.74) is 21.1. The van der Waals surface area contributed by atoms with Gasteiger partial charge in [-0.05, 0) is 96.4 Å². The van der Waals surface area contributed by atoms with Crippen molar-refractivity contribution in [1.82, 2.24) is 4.98 Å². The van der Waals surface area contributed by atoms with Gasteiger partial charge in [0.05, 0.1) is 12.6 Å². The first-order valence-corrected chi connectivity index (χ1v) is 15.3. The quantitative estimate of drug-likeness (QED) is 0.0587. The lowest BCUT2D eigenvalue weighted by molar-refractivity contribution is -0.131. The number of nitrogens with zero attached hydrogens (tertiary/aromatic N) is 1. The number of aliphatic imine (C=N–C) groups is 1. The Morgan fingerprint density at radius 2 is 1.91 bits per heavy atom. The lowest BCUT2D eigenvalue weighted by Gasteiger charge is -2.37. The summed E-state index contributed by atoms with van der Waals surface area (Å²) in [6.45, 7) is 2.03. The van der Waals surface area contributed by atoms with Crippen molar-refractivity contribution in [2.75, 3.05) is 11.9 Å². The lowest BCUT2D eigenvalue weighted by atomic mass is 9.69. The number of aldehydes is 1. The molecule has 0 saturated carbocycles. The second-order valence-electron chi connectivity index (χ2n) is 12.0. The average Bonchev–Trinajstić information content (AvgIpc) is 3.50. The van der Waals surface area contributed by atoms with Crippen LogP contribution in [0.5, 0.6) is 0 Å². The number of hydrogen-bond donors (Lipinski definition) is 6. The molecule has 230 valence electrons. The zero-order valence-corrected chi connectivity index (χ0v) is 25.0. The Bertz CT molecular complexity index is 1410. The molecule has 2 aromatic carbocycles. The third-order valence-corrected chi connectivity index (χ3v) is 8.74. The molecule has 0 aliphatic heterocycles. The zero-order chi connectivity index (χ0) is 30.8. The lowest BCUT2D eigenvalue weighted by Crippen LogP contribution is -2.32. The van der Waals surface area contributed by atoms with Crippen molar-refractivity contribution in [3.8, 4) is 0 Å². The first kappa shape index (κ1) is 31.8. The van der Waals surface area contributed by atoms with Gasteiger partial charge in [-0.2, -0.15) is 0 Å². The van der Waals surface area contributed by atoms with Crippen LogP contribution < -0.4 is 22.5 Å². The summed E-state index contributed by atoms with van der Waals surface area (Å²) < 4.78 is 0. The van der Waals surface area contributed by atoms with Crippen molar-refractivity contribution in [2.24, 2.45) is 34.0 Å². The van der Waals surface area contributed by atoms with Gasteiger partial charge in [0, 0.05) is 24.2 Å². The Hall–Kier alpha value is -4.11. The number of carbonyl (C=O) groups excluding carboxylic acids is 1.